The van der Waals surface area contributed by atoms with Gasteiger partial charge in [-0.2, -0.15) is 8.42 Å². The molecule has 98 valence electrons. The highest BCUT2D eigenvalue weighted by atomic mass is 79.9. The molecule has 1 N–H and O–H groups in total. The summed E-state index contributed by atoms with van der Waals surface area (Å²) in [5.74, 6) is -0.203. The molecule has 0 radical (unpaired) electrons. The van der Waals surface area contributed by atoms with Crippen LogP contribution < -0.4 is 5.32 Å². The van der Waals surface area contributed by atoms with Crippen molar-refractivity contribution in [1.82, 2.24) is 5.32 Å². The molecule has 0 aliphatic carbocycles. The van der Waals surface area contributed by atoms with Crippen molar-refractivity contribution in [2.45, 2.75) is 12.5 Å². The Bertz CT molecular complexity index is 585. The third-order valence-corrected chi connectivity index (χ3v) is 3.65. The second kappa shape index (κ2) is 4.99. The number of carbonyl (C=O) groups is 1. The summed E-state index contributed by atoms with van der Waals surface area (Å²) >= 11 is 3.34. The molecule has 0 saturated heterocycles. The molecule has 2 rings (SSSR count). The minimum Gasteiger partial charge on any atom is -0.347 e. The predicted octanol–water partition coefficient (Wildman–Crippen LogP) is 1.08. The molecule has 1 amide bonds. The van der Waals surface area contributed by atoms with E-state index in [1.54, 1.807) is 12.1 Å². The highest BCUT2D eigenvalue weighted by Gasteiger charge is 2.25. The zero-order valence-electron chi connectivity index (χ0n) is 9.64. The first-order valence-electron chi connectivity index (χ1n) is 5.29. The number of carbonyl (C=O) groups excluding carboxylic acids is 1. The molecule has 0 spiro atoms. The van der Waals surface area contributed by atoms with Crippen LogP contribution in [0.5, 0.6) is 0 Å². The number of hydrogen-bond acceptors (Lipinski definition) is 4. The highest BCUT2D eigenvalue weighted by Crippen LogP contribution is 2.21. The average Bonchev–Trinajstić information content (AvgIpc) is 2.24. The Morgan fingerprint density at radius 1 is 1.50 bits per heavy atom. The minimum absolute atomic E-state index is 0.0451. The number of benzene rings is 1. The largest absolute Gasteiger partial charge is 0.347 e. The fraction of sp³-hybridized carbons (Fsp3) is 0.364. The molecular weight excluding hydrogens is 322 g/mol. The Morgan fingerprint density at radius 2 is 2.22 bits per heavy atom. The topological polar surface area (TPSA) is 72.5 Å². The van der Waals surface area contributed by atoms with Crippen LogP contribution in [0, 0.1) is 0 Å². The third kappa shape index (κ3) is 3.30. The van der Waals surface area contributed by atoms with E-state index in [0.717, 1.165) is 16.3 Å². The smallest absolute Gasteiger partial charge is 0.264 e. The third-order valence-electron chi connectivity index (χ3n) is 2.60. The molecule has 18 heavy (non-hydrogen) atoms. The van der Waals surface area contributed by atoms with E-state index in [1.165, 1.54) is 0 Å². The van der Waals surface area contributed by atoms with Gasteiger partial charge in [0.25, 0.3) is 16.0 Å². The quantitative estimate of drug-likeness (QED) is 0.840. The molecule has 1 unspecified atom stereocenters. The van der Waals surface area contributed by atoms with Gasteiger partial charge in [-0.1, -0.05) is 15.9 Å². The predicted molar refractivity (Wildman–Crippen MR) is 69.9 cm³/mol. The lowest BCUT2D eigenvalue weighted by atomic mass is 9.96. The molecular formula is C11H12BrNO4S. The van der Waals surface area contributed by atoms with Crippen molar-refractivity contribution in [3.63, 3.8) is 0 Å². The molecule has 0 bridgehead atoms. The first-order chi connectivity index (χ1) is 8.35. The number of fused-ring (bicyclic) bond motifs is 1. The van der Waals surface area contributed by atoms with Crippen molar-refractivity contribution < 1.29 is 17.4 Å². The fourth-order valence-electron chi connectivity index (χ4n) is 1.84. The van der Waals surface area contributed by atoms with E-state index in [4.69, 9.17) is 4.18 Å². The standard InChI is InChI=1S/C11H12BrNO4S/c1-18(15,16)17-6-9-5-7-4-8(12)2-3-10(7)11(14)13-9/h2-4,9H,5-6H2,1H3,(H,13,14). The maximum absolute atomic E-state index is 11.8. The van der Waals surface area contributed by atoms with Gasteiger partial charge in [-0.3, -0.25) is 8.98 Å². The Balaban J connectivity index is 2.14. The zero-order chi connectivity index (χ0) is 13.3. The van der Waals surface area contributed by atoms with E-state index in [1.807, 2.05) is 6.07 Å². The molecule has 7 heteroatoms. The first kappa shape index (κ1) is 13.5. The average molecular weight is 334 g/mol. The van der Waals surface area contributed by atoms with Crippen LogP contribution in [0.4, 0.5) is 0 Å². The van der Waals surface area contributed by atoms with Gasteiger partial charge in [-0.25, -0.2) is 0 Å². The van der Waals surface area contributed by atoms with Gasteiger partial charge in [-0.05, 0) is 30.2 Å². The van der Waals surface area contributed by atoms with Gasteiger partial charge in [0.05, 0.1) is 18.9 Å². The van der Waals surface area contributed by atoms with E-state index in [9.17, 15) is 13.2 Å². The van der Waals surface area contributed by atoms with Crippen molar-refractivity contribution in [2.75, 3.05) is 12.9 Å². The summed E-state index contributed by atoms with van der Waals surface area (Å²) in [5.41, 5.74) is 1.50. The monoisotopic (exact) mass is 333 g/mol. The maximum Gasteiger partial charge on any atom is 0.264 e. The second-order valence-electron chi connectivity index (χ2n) is 4.16. The normalized spacial score (nSPS) is 19.2. The Morgan fingerprint density at radius 3 is 2.89 bits per heavy atom. The van der Waals surface area contributed by atoms with Crippen LogP contribution in [0.3, 0.4) is 0 Å². The van der Waals surface area contributed by atoms with E-state index < -0.39 is 10.1 Å². The molecule has 1 heterocycles. The van der Waals surface area contributed by atoms with Crippen LogP contribution in [0.15, 0.2) is 22.7 Å². The summed E-state index contributed by atoms with van der Waals surface area (Å²) in [6.07, 6.45) is 1.54. The summed E-state index contributed by atoms with van der Waals surface area (Å²) in [7, 11) is -3.49. The molecule has 1 atom stereocenters. The molecule has 1 aromatic carbocycles. The summed E-state index contributed by atoms with van der Waals surface area (Å²) in [6, 6.07) is 5.07. The number of nitrogens with one attached hydrogen (secondary N) is 1. The van der Waals surface area contributed by atoms with Gasteiger partial charge in [0, 0.05) is 10.0 Å². The van der Waals surface area contributed by atoms with Crippen molar-refractivity contribution in [2.24, 2.45) is 0 Å². The molecule has 0 saturated carbocycles. The van der Waals surface area contributed by atoms with E-state index in [2.05, 4.69) is 21.2 Å². The van der Waals surface area contributed by atoms with Gasteiger partial charge in [-0.15, -0.1) is 0 Å². The Labute approximate surface area is 114 Å². The van der Waals surface area contributed by atoms with Gasteiger partial charge in [0.2, 0.25) is 0 Å². The Kier molecular flexibility index (Phi) is 3.74. The molecule has 5 nitrogen and oxygen atoms in total. The number of halogens is 1. The van der Waals surface area contributed by atoms with Gasteiger partial charge in [0.1, 0.15) is 0 Å². The summed E-state index contributed by atoms with van der Waals surface area (Å²) in [5, 5.41) is 2.72. The summed E-state index contributed by atoms with van der Waals surface area (Å²) in [4.78, 5) is 11.8. The van der Waals surface area contributed by atoms with Gasteiger partial charge >= 0.3 is 0 Å². The minimum atomic E-state index is -3.49. The molecule has 0 fully saturated rings. The first-order valence-corrected chi connectivity index (χ1v) is 7.90. The summed E-state index contributed by atoms with van der Waals surface area (Å²) in [6.45, 7) is -0.0451. The zero-order valence-corrected chi connectivity index (χ0v) is 12.0. The SMILES string of the molecule is CS(=O)(=O)OCC1Cc2cc(Br)ccc2C(=O)N1. The van der Waals surface area contributed by atoms with Crippen LogP contribution in [0.1, 0.15) is 15.9 Å². The fourth-order valence-corrected chi connectivity index (χ4v) is 2.66. The van der Waals surface area contributed by atoms with Crippen LogP contribution in [0.25, 0.3) is 0 Å². The molecule has 1 aliphatic heterocycles. The van der Waals surface area contributed by atoms with Crippen molar-refractivity contribution in [3.8, 4) is 0 Å². The second-order valence-corrected chi connectivity index (χ2v) is 6.72. The number of amides is 1. The highest BCUT2D eigenvalue weighted by molar-refractivity contribution is 9.10. The van der Waals surface area contributed by atoms with Crippen LogP contribution in [0.2, 0.25) is 0 Å². The van der Waals surface area contributed by atoms with Crippen LogP contribution in [-0.4, -0.2) is 33.2 Å². The maximum atomic E-state index is 11.8. The molecule has 1 aromatic rings. The number of hydrogen-bond donors (Lipinski definition) is 1. The van der Waals surface area contributed by atoms with Crippen LogP contribution >= 0.6 is 15.9 Å². The van der Waals surface area contributed by atoms with Gasteiger partial charge < -0.3 is 5.32 Å². The van der Waals surface area contributed by atoms with Gasteiger partial charge in [0.15, 0.2) is 0 Å². The molecule has 1 aliphatic rings. The Hall–Kier alpha value is -0.920. The van der Waals surface area contributed by atoms with E-state index in [-0.39, 0.29) is 18.6 Å². The van der Waals surface area contributed by atoms with Crippen molar-refractivity contribution in [1.29, 1.82) is 0 Å². The van der Waals surface area contributed by atoms with E-state index >= 15 is 0 Å². The van der Waals surface area contributed by atoms with Crippen LogP contribution in [-0.2, 0) is 20.7 Å². The summed E-state index contributed by atoms with van der Waals surface area (Å²) < 4.78 is 27.4. The lowest BCUT2D eigenvalue weighted by molar-refractivity contribution is 0.0908. The lowest BCUT2D eigenvalue weighted by Gasteiger charge is -2.25. The van der Waals surface area contributed by atoms with E-state index in [0.29, 0.717) is 12.0 Å². The van der Waals surface area contributed by atoms with Crippen molar-refractivity contribution in [3.05, 3.63) is 33.8 Å². The van der Waals surface area contributed by atoms with Crippen molar-refractivity contribution >= 4 is 32.0 Å². The molecule has 0 aromatic heterocycles. The lowest BCUT2D eigenvalue weighted by Crippen LogP contribution is -2.44. The number of rotatable bonds is 3.